The number of imidazole rings is 1. The maximum absolute atomic E-state index is 10.9. The molecule has 1 aliphatic heterocycles. The summed E-state index contributed by atoms with van der Waals surface area (Å²) in [4.78, 5) is 17.5. The van der Waals surface area contributed by atoms with E-state index in [0.717, 1.165) is 36.4 Å². The Morgan fingerprint density at radius 3 is 2.89 bits per heavy atom. The van der Waals surface area contributed by atoms with Gasteiger partial charge in [0.25, 0.3) is 0 Å². The van der Waals surface area contributed by atoms with Crippen LogP contribution in [0.3, 0.4) is 0 Å². The Labute approximate surface area is 104 Å². The van der Waals surface area contributed by atoms with Gasteiger partial charge in [-0.25, -0.2) is 9.50 Å². The molecule has 3 rings (SSSR count). The molecule has 0 aromatic carbocycles. The topological polar surface area (TPSA) is 59.7 Å². The quantitative estimate of drug-likeness (QED) is 0.729. The van der Waals surface area contributed by atoms with Crippen molar-refractivity contribution in [3.8, 4) is 0 Å². The molecule has 1 aliphatic rings. The molecule has 6 nitrogen and oxygen atoms in total. The van der Waals surface area contributed by atoms with Crippen molar-refractivity contribution in [2.24, 2.45) is 0 Å². The highest BCUT2D eigenvalue weighted by Gasteiger charge is 2.18. The molecule has 0 spiro atoms. The van der Waals surface area contributed by atoms with Gasteiger partial charge in [0.15, 0.2) is 11.9 Å². The van der Waals surface area contributed by atoms with Crippen LogP contribution in [-0.2, 0) is 4.74 Å². The van der Waals surface area contributed by atoms with Gasteiger partial charge in [-0.15, -0.1) is 0 Å². The highest BCUT2D eigenvalue weighted by molar-refractivity contribution is 5.79. The third-order valence-electron chi connectivity index (χ3n) is 3.22. The van der Waals surface area contributed by atoms with Crippen LogP contribution in [0.2, 0.25) is 0 Å². The molecule has 0 atom stereocenters. The SMILES string of the molecule is Cc1c(C=O)nc2c(N3CCOCC3)ccnn12. The number of hydrogen-bond donors (Lipinski definition) is 0. The van der Waals surface area contributed by atoms with E-state index < -0.39 is 0 Å². The molecule has 0 radical (unpaired) electrons. The molecule has 0 saturated carbocycles. The van der Waals surface area contributed by atoms with E-state index in [-0.39, 0.29) is 0 Å². The van der Waals surface area contributed by atoms with Crippen molar-refractivity contribution in [2.45, 2.75) is 6.92 Å². The Hall–Kier alpha value is -1.95. The number of aryl methyl sites for hydroxylation is 1. The first kappa shape index (κ1) is 11.2. The van der Waals surface area contributed by atoms with Crippen LogP contribution in [0.1, 0.15) is 16.2 Å². The van der Waals surface area contributed by atoms with Crippen molar-refractivity contribution in [3.63, 3.8) is 0 Å². The summed E-state index contributed by atoms with van der Waals surface area (Å²) in [6.07, 6.45) is 2.51. The number of rotatable bonds is 2. The van der Waals surface area contributed by atoms with E-state index in [1.165, 1.54) is 0 Å². The summed E-state index contributed by atoms with van der Waals surface area (Å²) < 4.78 is 7.06. The van der Waals surface area contributed by atoms with Crippen LogP contribution in [-0.4, -0.2) is 47.2 Å². The predicted octanol–water partition coefficient (Wildman–Crippen LogP) is 0.687. The van der Waals surface area contributed by atoms with E-state index in [2.05, 4.69) is 15.0 Å². The van der Waals surface area contributed by atoms with Gasteiger partial charge < -0.3 is 9.64 Å². The summed E-state index contributed by atoms with van der Waals surface area (Å²) in [6.45, 7) is 4.95. The van der Waals surface area contributed by atoms with Gasteiger partial charge in [0.2, 0.25) is 0 Å². The smallest absolute Gasteiger partial charge is 0.178 e. The van der Waals surface area contributed by atoms with E-state index in [4.69, 9.17) is 4.74 Å². The minimum Gasteiger partial charge on any atom is -0.378 e. The summed E-state index contributed by atoms with van der Waals surface area (Å²) in [7, 11) is 0. The number of aromatic nitrogens is 3. The van der Waals surface area contributed by atoms with Crippen molar-refractivity contribution in [2.75, 3.05) is 31.2 Å². The largest absolute Gasteiger partial charge is 0.378 e. The van der Waals surface area contributed by atoms with Crippen molar-refractivity contribution < 1.29 is 9.53 Å². The number of hydrogen-bond acceptors (Lipinski definition) is 5. The molecule has 1 saturated heterocycles. The maximum Gasteiger partial charge on any atom is 0.178 e. The summed E-state index contributed by atoms with van der Waals surface area (Å²) in [5.41, 5.74) is 2.96. The first-order valence-electron chi connectivity index (χ1n) is 5.93. The lowest BCUT2D eigenvalue weighted by atomic mass is 10.3. The first-order chi connectivity index (χ1) is 8.81. The predicted molar refractivity (Wildman–Crippen MR) is 66.1 cm³/mol. The van der Waals surface area contributed by atoms with Crippen LogP contribution in [0.4, 0.5) is 5.69 Å². The molecule has 3 heterocycles. The molecule has 6 heteroatoms. The summed E-state index contributed by atoms with van der Waals surface area (Å²) in [6, 6.07) is 1.93. The summed E-state index contributed by atoms with van der Waals surface area (Å²) >= 11 is 0. The molecular formula is C12H14N4O2. The number of nitrogens with zero attached hydrogens (tertiary/aromatic N) is 4. The van der Waals surface area contributed by atoms with Crippen molar-refractivity contribution in [1.29, 1.82) is 0 Å². The minimum atomic E-state index is 0.447. The van der Waals surface area contributed by atoms with Gasteiger partial charge in [-0.2, -0.15) is 5.10 Å². The van der Waals surface area contributed by atoms with Crippen LogP contribution in [0.5, 0.6) is 0 Å². The number of aldehydes is 1. The number of ether oxygens (including phenoxy) is 1. The zero-order valence-corrected chi connectivity index (χ0v) is 10.2. The number of carbonyl (C=O) groups is 1. The highest BCUT2D eigenvalue weighted by atomic mass is 16.5. The Morgan fingerprint density at radius 2 is 2.17 bits per heavy atom. The fourth-order valence-corrected chi connectivity index (χ4v) is 2.22. The number of anilines is 1. The lowest BCUT2D eigenvalue weighted by molar-refractivity contribution is 0.111. The fourth-order valence-electron chi connectivity index (χ4n) is 2.22. The Morgan fingerprint density at radius 1 is 1.39 bits per heavy atom. The first-order valence-corrected chi connectivity index (χ1v) is 5.93. The summed E-state index contributed by atoms with van der Waals surface area (Å²) in [5.74, 6) is 0. The molecular weight excluding hydrogens is 232 g/mol. The number of fused-ring (bicyclic) bond motifs is 1. The molecule has 0 bridgehead atoms. The zero-order chi connectivity index (χ0) is 12.5. The Kier molecular flexibility index (Phi) is 2.71. The van der Waals surface area contributed by atoms with Gasteiger partial charge in [-0.05, 0) is 13.0 Å². The van der Waals surface area contributed by atoms with Crippen LogP contribution >= 0.6 is 0 Å². The average Bonchev–Trinajstić information content (AvgIpc) is 2.77. The molecule has 2 aromatic rings. The molecule has 2 aromatic heterocycles. The van der Waals surface area contributed by atoms with Crippen LogP contribution in [0, 0.1) is 6.92 Å². The minimum absolute atomic E-state index is 0.447. The number of carbonyl (C=O) groups excluding carboxylic acids is 1. The van der Waals surface area contributed by atoms with Gasteiger partial charge >= 0.3 is 0 Å². The van der Waals surface area contributed by atoms with Crippen molar-refractivity contribution in [3.05, 3.63) is 23.7 Å². The van der Waals surface area contributed by atoms with Crippen LogP contribution < -0.4 is 4.90 Å². The highest BCUT2D eigenvalue weighted by Crippen LogP contribution is 2.22. The second kappa shape index (κ2) is 4.38. The molecule has 0 amide bonds. The molecule has 0 N–H and O–H groups in total. The monoisotopic (exact) mass is 246 g/mol. The Balaban J connectivity index is 2.14. The van der Waals surface area contributed by atoms with E-state index in [0.29, 0.717) is 18.9 Å². The van der Waals surface area contributed by atoms with Gasteiger partial charge in [-0.3, -0.25) is 4.79 Å². The molecule has 0 aliphatic carbocycles. The maximum atomic E-state index is 10.9. The lowest BCUT2D eigenvalue weighted by Crippen LogP contribution is -2.36. The van der Waals surface area contributed by atoms with Gasteiger partial charge in [-0.1, -0.05) is 0 Å². The molecule has 0 unspecified atom stereocenters. The van der Waals surface area contributed by atoms with Gasteiger partial charge in [0.05, 0.1) is 30.8 Å². The van der Waals surface area contributed by atoms with Crippen molar-refractivity contribution >= 4 is 17.6 Å². The van der Waals surface area contributed by atoms with E-state index in [1.54, 1.807) is 10.7 Å². The van der Waals surface area contributed by atoms with E-state index in [1.807, 2.05) is 13.0 Å². The van der Waals surface area contributed by atoms with Gasteiger partial charge in [0, 0.05) is 13.1 Å². The normalized spacial score (nSPS) is 16.2. The zero-order valence-electron chi connectivity index (χ0n) is 10.2. The lowest BCUT2D eigenvalue weighted by Gasteiger charge is -2.28. The molecule has 18 heavy (non-hydrogen) atoms. The fraction of sp³-hybridized carbons (Fsp3) is 0.417. The van der Waals surface area contributed by atoms with E-state index >= 15 is 0 Å². The van der Waals surface area contributed by atoms with Gasteiger partial charge in [0.1, 0.15) is 5.69 Å². The van der Waals surface area contributed by atoms with Crippen LogP contribution in [0.15, 0.2) is 12.3 Å². The van der Waals surface area contributed by atoms with Crippen LogP contribution in [0.25, 0.3) is 5.65 Å². The van der Waals surface area contributed by atoms with E-state index in [9.17, 15) is 4.79 Å². The third kappa shape index (κ3) is 1.65. The standard InChI is InChI=1S/C12H14N4O2/c1-9-10(8-17)14-12-11(2-3-13-16(9)12)15-4-6-18-7-5-15/h2-3,8H,4-7H2,1H3. The summed E-state index contributed by atoms with van der Waals surface area (Å²) in [5, 5.41) is 4.24. The molecule has 94 valence electrons. The second-order valence-corrected chi connectivity index (χ2v) is 4.25. The third-order valence-corrected chi connectivity index (χ3v) is 3.22. The molecule has 1 fully saturated rings. The number of morpholine rings is 1. The van der Waals surface area contributed by atoms with Crippen molar-refractivity contribution in [1.82, 2.24) is 14.6 Å². The second-order valence-electron chi connectivity index (χ2n) is 4.25. The Bertz CT molecular complexity index is 587. The average molecular weight is 246 g/mol.